The number of halogens is 1. The zero-order chi connectivity index (χ0) is 20.1. The summed E-state index contributed by atoms with van der Waals surface area (Å²) in [6, 6.07) is 20.2. The van der Waals surface area contributed by atoms with Gasteiger partial charge in [-0.15, -0.1) is 12.4 Å². The third-order valence-corrected chi connectivity index (χ3v) is 5.11. The number of ether oxygens (including phenoxy) is 1. The number of aromatic nitrogens is 2. The Balaban J connectivity index is 0.00000256. The van der Waals surface area contributed by atoms with Gasteiger partial charge in [-0.05, 0) is 12.1 Å². The lowest BCUT2D eigenvalue weighted by Crippen LogP contribution is -2.44. The summed E-state index contributed by atoms with van der Waals surface area (Å²) in [6.45, 7) is 2.59. The van der Waals surface area contributed by atoms with E-state index in [9.17, 15) is 4.79 Å². The molecule has 1 fully saturated rings. The summed E-state index contributed by atoms with van der Waals surface area (Å²) in [7, 11) is 1.85. The van der Waals surface area contributed by atoms with Gasteiger partial charge in [-0.1, -0.05) is 48.5 Å². The predicted octanol–water partition coefficient (Wildman–Crippen LogP) is 3.30. The third kappa shape index (κ3) is 5.27. The van der Waals surface area contributed by atoms with Gasteiger partial charge in [-0.25, -0.2) is 4.68 Å². The molecule has 1 amide bonds. The van der Waals surface area contributed by atoms with Crippen LogP contribution >= 0.6 is 12.4 Å². The van der Waals surface area contributed by atoms with Crippen LogP contribution in [0.4, 0.5) is 0 Å². The number of carbonyl (C=O) groups is 1. The Morgan fingerprint density at radius 2 is 1.87 bits per heavy atom. The second-order valence-electron chi connectivity index (χ2n) is 7.33. The number of para-hydroxylation sites is 1. The van der Waals surface area contributed by atoms with Gasteiger partial charge in [-0.2, -0.15) is 5.10 Å². The van der Waals surface area contributed by atoms with Crippen molar-refractivity contribution in [3.63, 3.8) is 0 Å². The molecule has 0 aliphatic carbocycles. The van der Waals surface area contributed by atoms with Crippen molar-refractivity contribution in [2.45, 2.75) is 19.0 Å². The summed E-state index contributed by atoms with van der Waals surface area (Å²) in [5.74, 6) is 0.0967. The monoisotopic (exact) mass is 426 g/mol. The molecule has 1 aromatic heterocycles. The lowest BCUT2D eigenvalue weighted by Gasteiger charge is -2.25. The summed E-state index contributed by atoms with van der Waals surface area (Å²) >= 11 is 0. The highest BCUT2D eigenvalue weighted by Gasteiger charge is 2.21. The first-order chi connectivity index (χ1) is 14.2. The van der Waals surface area contributed by atoms with Gasteiger partial charge in [0.1, 0.15) is 0 Å². The van der Waals surface area contributed by atoms with Crippen LogP contribution in [0.1, 0.15) is 12.0 Å². The zero-order valence-corrected chi connectivity index (χ0v) is 17.8. The summed E-state index contributed by atoms with van der Waals surface area (Å²) in [4.78, 5) is 14.5. The maximum absolute atomic E-state index is 12.7. The smallest absolute Gasteiger partial charge is 0.224 e. The first kappa shape index (κ1) is 22.0. The molecule has 6 nitrogen and oxygen atoms in total. The molecule has 4 rings (SSSR count). The molecule has 2 heterocycles. The Kier molecular flexibility index (Phi) is 7.63. The lowest BCUT2D eigenvalue weighted by molar-refractivity contribution is -0.131. The van der Waals surface area contributed by atoms with E-state index >= 15 is 0 Å². The average molecular weight is 427 g/mol. The van der Waals surface area contributed by atoms with Crippen LogP contribution in [0.2, 0.25) is 0 Å². The largest absolute Gasteiger partial charge is 0.378 e. The standard InChI is InChI=1S/C23H26N4O2.ClH/c1-26(22(28)14-20-17-29-13-12-24-20)15-19-16-27(21-10-6-3-7-11-21)25-23(19)18-8-4-2-5-9-18;/h2-11,16,20,24H,12-15,17H2,1H3;1H. The number of hydrogen-bond donors (Lipinski definition) is 1. The molecule has 1 saturated heterocycles. The minimum absolute atomic E-state index is 0. The first-order valence-electron chi connectivity index (χ1n) is 9.95. The number of hydrogen-bond acceptors (Lipinski definition) is 4. The van der Waals surface area contributed by atoms with Crippen molar-refractivity contribution in [3.05, 3.63) is 72.4 Å². The Morgan fingerprint density at radius 3 is 2.53 bits per heavy atom. The van der Waals surface area contributed by atoms with Crippen LogP contribution in [0.15, 0.2) is 66.9 Å². The molecule has 158 valence electrons. The number of benzene rings is 2. The van der Waals surface area contributed by atoms with Crippen molar-refractivity contribution in [1.82, 2.24) is 20.0 Å². The maximum atomic E-state index is 12.7. The van der Waals surface area contributed by atoms with Crippen LogP contribution in [0.25, 0.3) is 16.9 Å². The molecule has 1 atom stereocenters. The van der Waals surface area contributed by atoms with E-state index in [0.29, 0.717) is 26.2 Å². The molecule has 1 N–H and O–H groups in total. The van der Waals surface area contributed by atoms with Crippen molar-refractivity contribution in [1.29, 1.82) is 0 Å². The van der Waals surface area contributed by atoms with Gasteiger partial charge in [0.2, 0.25) is 5.91 Å². The summed E-state index contributed by atoms with van der Waals surface area (Å²) in [5, 5.41) is 8.17. The Bertz CT molecular complexity index is 940. The van der Waals surface area contributed by atoms with Crippen LogP contribution in [0.3, 0.4) is 0 Å². The summed E-state index contributed by atoms with van der Waals surface area (Å²) in [5.41, 5.74) is 3.95. The fraction of sp³-hybridized carbons (Fsp3) is 0.304. The minimum atomic E-state index is 0. The van der Waals surface area contributed by atoms with E-state index in [0.717, 1.165) is 29.1 Å². The van der Waals surface area contributed by atoms with Crippen LogP contribution < -0.4 is 5.32 Å². The fourth-order valence-electron chi connectivity index (χ4n) is 3.54. The van der Waals surface area contributed by atoms with Gasteiger partial charge in [0.05, 0.1) is 24.6 Å². The van der Waals surface area contributed by atoms with Gasteiger partial charge >= 0.3 is 0 Å². The van der Waals surface area contributed by atoms with Gasteiger partial charge in [-0.3, -0.25) is 4.79 Å². The van der Waals surface area contributed by atoms with Crippen molar-refractivity contribution in [3.8, 4) is 16.9 Å². The molecule has 3 aromatic rings. The van der Waals surface area contributed by atoms with E-state index < -0.39 is 0 Å². The minimum Gasteiger partial charge on any atom is -0.378 e. The predicted molar refractivity (Wildman–Crippen MR) is 120 cm³/mol. The van der Waals surface area contributed by atoms with Gasteiger partial charge in [0.15, 0.2) is 0 Å². The second-order valence-corrected chi connectivity index (χ2v) is 7.33. The average Bonchev–Trinajstić information content (AvgIpc) is 3.19. The highest BCUT2D eigenvalue weighted by atomic mass is 35.5. The van der Waals surface area contributed by atoms with Crippen LogP contribution in [0.5, 0.6) is 0 Å². The van der Waals surface area contributed by atoms with Crippen LogP contribution in [0, 0.1) is 0 Å². The van der Waals surface area contributed by atoms with Crippen LogP contribution in [-0.4, -0.2) is 53.4 Å². The number of nitrogens with one attached hydrogen (secondary N) is 1. The fourth-order valence-corrected chi connectivity index (χ4v) is 3.54. The molecule has 1 aliphatic rings. The molecule has 30 heavy (non-hydrogen) atoms. The molecule has 1 aliphatic heterocycles. The van der Waals surface area contributed by atoms with E-state index in [2.05, 4.69) is 5.32 Å². The normalized spacial score (nSPS) is 16.0. The van der Waals surface area contributed by atoms with Gasteiger partial charge < -0.3 is 15.0 Å². The number of carbonyl (C=O) groups excluding carboxylic acids is 1. The number of morpholine rings is 1. The highest BCUT2D eigenvalue weighted by molar-refractivity contribution is 5.85. The quantitative estimate of drug-likeness (QED) is 0.657. The zero-order valence-electron chi connectivity index (χ0n) is 17.0. The molecule has 0 spiro atoms. The molecule has 1 unspecified atom stereocenters. The molecule has 0 bridgehead atoms. The second kappa shape index (κ2) is 10.4. The Morgan fingerprint density at radius 1 is 1.17 bits per heavy atom. The van der Waals surface area contributed by atoms with Gasteiger partial charge in [0.25, 0.3) is 0 Å². The molecule has 7 heteroatoms. The highest BCUT2D eigenvalue weighted by Crippen LogP contribution is 2.25. The van der Waals surface area contributed by atoms with Crippen LogP contribution in [-0.2, 0) is 16.1 Å². The number of amides is 1. The summed E-state index contributed by atoms with van der Waals surface area (Å²) < 4.78 is 7.35. The Labute approximate surface area is 183 Å². The molecular formula is C23H27ClN4O2. The SMILES string of the molecule is CN(Cc1cn(-c2ccccc2)nc1-c1ccccc1)C(=O)CC1COCCN1.Cl. The maximum Gasteiger partial charge on any atom is 0.224 e. The van der Waals surface area contributed by atoms with Crippen molar-refractivity contribution >= 4 is 18.3 Å². The lowest BCUT2D eigenvalue weighted by atomic mass is 10.1. The Hall–Kier alpha value is -2.67. The molecule has 0 saturated carbocycles. The van der Waals surface area contributed by atoms with Crippen molar-refractivity contribution in [2.24, 2.45) is 0 Å². The molecule has 0 radical (unpaired) electrons. The number of nitrogens with zero attached hydrogens (tertiary/aromatic N) is 3. The van der Waals surface area contributed by atoms with E-state index in [4.69, 9.17) is 9.84 Å². The van der Waals surface area contributed by atoms with E-state index in [-0.39, 0.29) is 24.4 Å². The van der Waals surface area contributed by atoms with E-state index in [1.54, 1.807) is 4.90 Å². The number of rotatable bonds is 6. The summed E-state index contributed by atoms with van der Waals surface area (Å²) in [6.07, 6.45) is 2.45. The van der Waals surface area contributed by atoms with E-state index in [1.807, 2.05) is 78.6 Å². The van der Waals surface area contributed by atoms with Crippen molar-refractivity contribution in [2.75, 3.05) is 26.8 Å². The molecular weight excluding hydrogens is 400 g/mol. The topological polar surface area (TPSA) is 59.4 Å². The van der Waals surface area contributed by atoms with Crippen molar-refractivity contribution < 1.29 is 9.53 Å². The third-order valence-electron chi connectivity index (χ3n) is 5.11. The molecule has 2 aromatic carbocycles. The van der Waals surface area contributed by atoms with Gasteiger partial charge in [0, 0.05) is 49.9 Å². The first-order valence-corrected chi connectivity index (χ1v) is 9.95. The van der Waals surface area contributed by atoms with E-state index in [1.165, 1.54) is 0 Å².